The fourth-order valence-electron chi connectivity index (χ4n) is 2.66. The van der Waals surface area contributed by atoms with Crippen LogP contribution < -0.4 is 15.4 Å². The number of carbonyl (C=O) groups excluding carboxylic acids is 1. The van der Waals surface area contributed by atoms with E-state index in [2.05, 4.69) is 17.6 Å². The van der Waals surface area contributed by atoms with Gasteiger partial charge in [0.15, 0.2) is 0 Å². The van der Waals surface area contributed by atoms with Gasteiger partial charge in [-0.25, -0.2) is 0 Å². The van der Waals surface area contributed by atoms with Gasteiger partial charge in [0.05, 0.1) is 7.11 Å². The smallest absolute Gasteiger partial charge is 0.251 e. The molecule has 1 fully saturated rings. The van der Waals surface area contributed by atoms with Crippen molar-refractivity contribution in [2.45, 2.75) is 45.2 Å². The zero-order valence-electron chi connectivity index (χ0n) is 12.5. The van der Waals surface area contributed by atoms with E-state index in [1.54, 1.807) is 13.2 Å². The molecule has 1 amide bonds. The second kappa shape index (κ2) is 6.75. The Labute approximate surface area is 120 Å². The Morgan fingerprint density at radius 2 is 2.25 bits per heavy atom. The lowest BCUT2D eigenvalue weighted by Gasteiger charge is -2.29. The summed E-state index contributed by atoms with van der Waals surface area (Å²) >= 11 is 0. The summed E-state index contributed by atoms with van der Waals surface area (Å²) in [5.41, 5.74) is 1.68. The summed E-state index contributed by atoms with van der Waals surface area (Å²) in [4.78, 5) is 12.3. The molecule has 4 heteroatoms. The second-order valence-corrected chi connectivity index (χ2v) is 5.50. The number of piperidine rings is 1. The van der Waals surface area contributed by atoms with E-state index in [9.17, 15) is 4.79 Å². The molecule has 1 aromatic carbocycles. The fraction of sp³-hybridized carbons (Fsp3) is 0.562. The quantitative estimate of drug-likeness (QED) is 0.887. The molecule has 1 aliphatic heterocycles. The average Bonchev–Trinajstić information content (AvgIpc) is 2.48. The van der Waals surface area contributed by atoms with E-state index in [1.165, 1.54) is 12.8 Å². The Hall–Kier alpha value is -1.55. The van der Waals surface area contributed by atoms with Gasteiger partial charge in [-0.15, -0.1) is 0 Å². The van der Waals surface area contributed by atoms with Crippen molar-refractivity contribution in [3.63, 3.8) is 0 Å². The topological polar surface area (TPSA) is 50.4 Å². The first-order valence-corrected chi connectivity index (χ1v) is 7.30. The first kappa shape index (κ1) is 14.9. The van der Waals surface area contributed by atoms with Crippen LogP contribution in [0.2, 0.25) is 0 Å². The SMILES string of the molecule is COc1cc(C(=O)NC(C)C2CCCCN2)ccc1C. The Kier molecular flexibility index (Phi) is 5.01. The average molecular weight is 276 g/mol. The number of benzene rings is 1. The van der Waals surface area contributed by atoms with Crippen molar-refractivity contribution < 1.29 is 9.53 Å². The highest BCUT2D eigenvalue weighted by atomic mass is 16.5. The molecule has 0 bridgehead atoms. The van der Waals surface area contributed by atoms with Gasteiger partial charge in [-0.3, -0.25) is 4.79 Å². The molecule has 2 N–H and O–H groups in total. The van der Waals surface area contributed by atoms with Crippen molar-refractivity contribution in [3.8, 4) is 5.75 Å². The standard InChI is InChI=1S/C16H24N2O2/c1-11-7-8-13(10-15(11)20-3)16(19)18-12(2)14-6-4-5-9-17-14/h7-8,10,12,14,17H,4-6,9H2,1-3H3,(H,18,19). The van der Waals surface area contributed by atoms with Gasteiger partial charge in [0.25, 0.3) is 5.91 Å². The molecule has 1 aliphatic rings. The van der Waals surface area contributed by atoms with Crippen LogP contribution in [0, 0.1) is 6.92 Å². The van der Waals surface area contributed by atoms with Crippen molar-refractivity contribution in [3.05, 3.63) is 29.3 Å². The molecule has 1 aromatic rings. The maximum Gasteiger partial charge on any atom is 0.251 e. The van der Waals surface area contributed by atoms with Gasteiger partial charge in [0, 0.05) is 17.6 Å². The lowest BCUT2D eigenvalue weighted by Crippen LogP contribution is -2.50. The Morgan fingerprint density at radius 1 is 1.45 bits per heavy atom. The van der Waals surface area contributed by atoms with Gasteiger partial charge >= 0.3 is 0 Å². The molecule has 2 rings (SSSR count). The number of carbonyl (C=O) groups is 1. The van der Waals surface area contributed by atoms with Crippen LogP contribution in [0.25, 0.3) is 0 Å². The minimum atomic E-state index is -0.0387. The molecule has 0 spiro atoms. The number of hydrogen-bond acceptors (Lipinski definition) is 3. The number of amides is 1. The molecule has 1 heterocycles. The van der Waals surface area contributed by atoms with Gasteiger partial charge in [0.2, 0.25) is 0 Å². The zero-order chi connectivity index (χ0) is 14.5. The van der Waals surface area contributed by atoms with E-state index >= 15 is 0 Å². The predicted molar refractivity (Wildman–Crippen MR) is 80.3 cm³/mol. The molecule has 20 heavy (non-hydrogen) atoms. The van der Waals surface area contributed by atoms with Crippen LogP contribution in [0.1, 0.15) is 42.1 Å². The largest absolute Gasteiger partial charge is 0.496 e. The molecule has 1 saturated heterocycles. The van der Waals surface area contributed by atoms with Gasteiger partial charge in [-0.05, 0) is 50.9 Å². The minimum Gasteiger partial charge on any atom is -0.496 e. The van der Waals surface area contributed by atoms with Gasteiger partial charge in [0.1, 0.15) is 5.75 Å². The highest BCUT2D eigenvalue weighted by Gasteiger charge is 2.21. The zero-order valence-corrected chi connectivity index (χ0v) is 12.5. The van der Waals surface area contributed by atoms with Crippen LogP contribution in [0.3, 0.4) is 0 Å². The summed E-state index contributed by atoms with van der Waals surface area (Å²) in [6.45, 7) is 5.07. The number of nitrogens with one attached hydrogen (secondary N) is 2. The monoisotopic (exact) mass is 276 g/mol. The molecule has 110 valence electrons. The molecular formula is C16H24N2O2. The van der Waals surface area contributed by atoms with E-state index in [4.69, 9.17) is 4.74 Å². The number of aryl methyl sites for hydroxylation is 1. The number of methoxy groups -OCH3 is 1. The van der Waals surface area contributed by atoms with Gasteiger partial charge in [-0.1, -0.05) is 12.5 Å². The maximum atomic E-state index is 12.3. The fourth-order valence-corrected chi connectivity index (χ4v) is 2.66. The van der Waals surface area contributed by atoms with Crippen molar-refractivity contribution in [1.29, 1.82) is 0 Å². The summed E-state index contributed by atoms with van der Waals surface area (Å²) < 4.78 is 5.26. The van der Waals surface area contributed by atoms with Crippen LogP contribution in [0.4, 0.5) is 0 Å². The van der Waals surface area contributed by atoms with Crippen LogP contribution >= 0.6 is 0 Å². The third-order valence-electron chi connectivity index (χ3n) is 3.98. The van der Waals surface area contributed by atoms with Crippen molar-refractivity contribution in [2.75, 3.05) is 13.7 Å². The first-order chi connectivity index (χ1) is 9.61. The summed E-state index contributed by atoms with van der Waals surface area (Å²) in [5.74, 6) is 0.712. The third-order valence-corrected chi connectivity index (χ3v) is 3.98. The summed E-state index contributed by atoms with van der Waals surface area (Å²) in [6, 6.07) is 6.06. The minimum absolute atomic E-state index is 0.0387. The number of rotatable bonds is 4. The van der Waals surface area contributed by atoms with Crippen LogP contribution in [-0.4, -0.2) is 31.6 Å². The first-order valence-electron chi connectivity index (χ1n) is 7.30. The predicted octanol–water partition coefficient (Wildman–Crippen LogP) is 2.26. The van der Waals surface area contributed by atoms with Crippen molar-refractivity contribution in [1.82, 2.24) is 10.6 Å². The highest BCUT2D eigenvalue weighted by molar-refractivity contribution is 5.94. The number of hydrogen-bond donors (Lipinski definition) is 2. The van der Waals surface area contributed by atoms with Crippen LogP contribution in [0.5, 0.6) is 5.75 Å². The van der Waals surface area contributed by atoms with Crippen LogP contribution in [0.15, 0.2) is 18.2 Å². The maximum absolute atomic E-state index is 12.3. The Morgan fingerprint density at radius 3 is 2.90 bits per heavy atom. The molecule has 0 aromatic heterocycles. The molecule has 0 aliphatic carbocycles. The van der Waals surface area contributed by atoms with Gasteiger partial charge < -0.3 is 15.4 Å². The van der Waals surface area contributed by atoms with E-state index in [-0.39, 0.29) is 11.9 Å². The number of ether oxygens (including phenoxy) is 1. The third kappa shape index (κ3) is 3.51. The Balaban J connectivity index is 2.00. The lowest BCUT2D eigenvalue weighted by atomic mass is 9.98. The highest BCUT2D eigenvalue weighted by Crippen LogP contribution is 2.19. The molecule has 0 radical (unpaired) electrons. The normalized spacial score (nSPS) is 20.2. The molecule has 2 atom stereocenters. The molecular weight excluding hydrogens is 252 g/mol. The molecule has 2 unspecified atom stereocenters. The summed E-state index contributed by atoms with van der Waals surface area (Å²) in [6.07, 6.45) is 3.58. The molecule has 4 nitrogen and oxygen atoms in total. The van der Waals surface area contributed by atoms with E-state index in [1.807, 2.05) is 19.1 Å². The van der Waals surface area contributed by atoms with Crippen LogP contribution in [-0.2, 0) is 0 Å². The second-order valence-electron chi connectivity index (χ2n) is 5.50. The summed E-state index contributed by atoms with van der Waals surface area (Å²) in [5, 5.41) is 6.55. The molecule has 0 saturated carbocycles. The van der Waals surface area contributed by atoms with Gasteiger partial charge in [-0.2, -0.15) is 0 Å². The van der Waals surface area contributed by atoms with E-state index in [0.717, 1.165) is 24.3 Å². The van der Waals surface area contributed by atoms with E-state index < -0.39 is 0 Å². The Bertz CT molecular complexity index is 468. The van der Waals surface area contributed by atoms with Crippen molar-refractivity contribution in [2.24, 2.45) is 0 Å². The van der Waals surface area contributed by atoms with Crippen molar-refractivity contribution >= 4 is 5.91 Å². The lowest BCUT2D eigenvalue weighted by molar-refractivity contribution is 0.0927. The summed E-state index contributed by atoms with van der Waals surface area (Å²) in [7, 11) is 1.62. The van der Waals surface area contributed by atoms with E-state index in [0.29, 0.717) is 11.6 Å².